The predicted octanol–water partition coefficient (Wildman–Crippen LogP) is 2.52. The quantitative estimate of drug-likeness (QED) is 0.261. The average molecular weight is 342 g/mol. The number of furan rings is 1. The molecule has 0 bridgehead atoms. The Morgan fingerprint density at radius 2 is 2.21 bits per heavy atom. The molecule has 0 aliphatic rings. The van der Waals surface area contributed by atoms with Crippen LogP contribution < -0.4 is 17.0 Å². The maximum Gasteiger partial charge on any atom is 0.268 e. The summed E-state index contributed by atoms with van der Waals surface area (Å²) < 4.78 is 6.25. The minimum Gasteiger partial charge on any atom is -0.468 e. The third-order valence-electron chi connectivity index (χ3n) is 2.39. The van der Waals surface area contributed by atoms with E-state index in [1.807, 2.05) is 18.2 Å². The summed E-state index contributed by atoms with van der Waals surface area (Å²) in [7, 11) is 0. The summed E-state index contributed by atoms with van der Waals surface area (Å²) in [6, 6.07) is 7.32. The van der Waals surface area contributed by atoms with Gasteiger partial charge in [-0.2, -0.15) is 0 Å². The van der Waals surface area contributed by atoms with E-state index in [0.29, 0.717) is 22.8 Å². The van der Waals surface area contributed by atoms with E-state index in [0.717, 1.165) is 9.37 Å². The van der Waals surface area contributed by atoms with Crippen LogP contribution in [0.2, 0.25) is 0 Å². The highest BCUT2D eigenvalue weighted by atomic mass is 79.9. The molecule has 1 heterocycles. The van der Waals surface area contributed by atoms with Gasteiger partial charge in [-0.15, -0.1) is 11.8 Å². The van der Waals surface area contributed by atoms with E-state index < -0.39 is 0 Å². The Balaban J connectivity index is 2.04. The van der Waals surface area contributed by atoms with Gasteiger partial charge in [0.05, 0.1) is 11.3 Å². The first-order chi connectivity index (χ1) is 9.10. The standard InChI is InChI=1S/C12H12BrN3O2S/c13-8-1-2-10(14)11(4-8)19-6-9-3-7(5-18-9)12(17)16-15/h1-5H,6,14-15H2,(H,16,17). The first kappa shape index (κ1) is 14.0. The zero-order valence-corrected chi connectivity index (χ0v) is 12.3. The molecular formula is C12H12BrN3O2S. The van der Waals surface area contributed by atoms with Gasteiger partial charge < -0.3 is 10.2 Å². The fourth-order valence-corrected chi connectivity index (χ4v) is 2.85. The number of rotatable bonds is 4. The fourth-order valence-electron chi connectivity index (χ4n) is 1.44. The average Bonchev–Trinajstić information content (AvgIpc) is 2.88. The minimum absolute atomic E-state index is 0.373. The lowest BCUT2D eigenvalue weighted by atomic mass is 10.3. The van der Waals surface area contributed by atoms with E-state index in [1.54, 1.807) is 6.07 Å². The van der Waals surface area contributed by atoms with Gasteiger partial charge in [-0.3, -0.25) is 10.2 Å². The Hall–Kier alpha value is -1.44. The maximum atomic E-state index is 11.3. The SMILES string of the molecule is NNC(=O)c1coc(CSc2cc(Br)ccc2N)c1. The van der Waals surface area contributed by atoms with E-state index in [-0.39, 0.29) is 5.91 Å². The molecule has 0 fully saturated rings. The summed E-state index contributed by atoms with van der Waals surface area (Å²) in [5.41, 5.74) is 9.04. The van der Waals surface area contributed by atoms with Crippen molar-refractivity contribution in [2.45, 2.75) is 10.6 Å². The predicted molar refractivity (Wildman–Crippen MR) is 78.5 cm³/mol. The monoisotopic (exact) mass is 341 g/mol. The Labute approximate surface area is 122 Å². The van der Waals surface area contributed by atoms with Crippen LogP contribution in [0.1, 0.15) is 16.1 Å². The van der Waals surface area contributed by atoms with E-state index in [2.05, 4.69) is 21.4 Å². The van der Waals surface area contributed by atoms with Crippen molar-refractivity contribution in [3.8, 4) is 0 Å². The molecule has 0 aliphatic carbocycles. The number of nitrogen functional groups attached to an aromatic ring is 2. The molecule has 0 radical (unpaired) electrons. The van der Waals surface area contributed by atoms with E-state index in [1.165, 1.54) is 18.0 Å². The number of nitrogens with one attached hydrogen (secondary N) is 1. The van der Waals surface area contributed by atoms with Crippen molar-refractivity contribution in [1.82, 2.24) is 5.43 Å². The maximum absolute atomic E-state index is 11.3. The molecule has 0 saturated carbocycles. The lowest BCUT2D eigenvalue weighted by molar-refractivity contribution is 0.0953. The lowest BCUT2D eigenvalue weighted by Gasteiger charge is -2.04. The Morgan fingerprint density at radius 3 is 2.95 bits per heavy atom. The van der Waals surface area contributed by atoms with Crippen LogP contribution in [-0.4, -0.2) is 5.91 Å². The number of benzene rings is 1. The van der Waals surface area contributed by atoms with Crippen LogP contribution in [0.4, 0.5) is 5.69 Å². The molecule has 0 aliphatic heterocycles. The summed E-state index contributed by atoms with van der Waals surface area (Å²) in [5, 5.41) is 0. The Bertz CT molecular complexity index is 600. The summed E-state index contributed by atoms with van der Waals surface area (Å²) in [6.45, 7) is 0. The van der Waals surface area contributed by atoms with Gasteiger partial charge in [-0.05, 0) is 24.3 Å². The number of hydrogen-bond donors (Lipinski definition) is 3. The minimum atomic E-state index is -0.373. The molecule has 1 amide bonds. The molecule has 2 aromatic rings. The van der Waals surface area contributed by atoms with Crippen molar-refractivity contribution in [1.29, 1.82) is 0 Å². The highest BCUT2D eigenvalue weighted by Crippen LogP contribution is 2.31. The normalized spacial score (nSPS) is 10.4. The van der Waals surface area contributed by atoms with Crippen LogP contribution in [-0.2, 0) is 5.75 Å². The number of anilines is 1. The zero-order valence-electron chi connectivity index (χ0n) is 9.85. The molecule has 5 nitrogen and oxygen atoms in total. The van der Waals surface area contributed by atoms with Gasteiger partial charge in [0.25, 0.3) is 5.91 Å². The molecule has 100 valence electrons. The number of nitrogens with two attached hydrogens (primary N) is 2. The molecule has 7 heteroatoms. The third kappa shape index (κ3) is 3.52. The fraction of sp³-hybridized carbons (Fsp3) is 0.0833. The summed E-state index contributed by atoms with van der Waals surface area (Å²) in [5.74, 6) is 5.94. The van der Waals surface area contributed by atoms with Crippen LogP contribution in [0.15, 0.2) is 44.3 Å². The first-order valence-electron chi connectivity index (χ1n) is 5.36. The smallest absolute Gasteiger partial charge is 0.268 e. The van der Waals surface area contributed by atoms with E-state index in [4.69, 9.17) is 16.0 Å². The number of thioether (sulfide) groups is 1. The lowest BCUT2D eigenvalue weighted by Crippen LogP contribution is -2.29. The van der Waals surface area contributed by atoms with E-state index >= 15 is 0 Å². The van der Waals surface area contributed by atoms with Crippen molar-refractivity contribution in [2.24, 2.45) is 5.84 Å². The van der Waals surface area contributed by atoms with Crippen molar-refractivity contribution < 1.29 is 9.21 Å². The van der Waals surface area contributed by atoms with Gasteiger partial charge in [-0.25, -0.2) is 5.84 Å². The van der Waals surface area contributed by atoms with Crippen LogP contribution in [0.5, 0.6) is 0 Å². The summed E-state index contributed by atoms with van der Waals surface area (Å²) in [6.07, 6.45) is 1.38. The highest BCUT2D eigenvalue weighted by Gasteiger charge is 2.09. The largest absolute Gasteiger partial charge is 0.468 e. The molecule has 5 N–H and O–H groups in total. The number of hydrogen-bond acceptors (Lipinski definition) is 5. The Morgan fingerprint density at radius 1 is 1.42 bits per heavy atom. The molecule has 1 aromatic carbocycles. The number of amides is 1. The second-order valence-electron chi connectivity index (χ2n) is 3.75. The van der Waals surface area contributed by atoms with Crippen molar-refractivity contribution >= 4 is 39.3 Å². The number of carbonyl (C=O) groups is 1. The van der Waals surface area contributed by atoms with Gasteiger partial charge in [0, 0.05) is 15.1 Å². The molecular weight excluding hydrogens is 330 g/mol. The number of halogens is 1. The summed E-state index contributed by atoms with van der Waals surface area (Å²) in [4.78, 5) is 12.2. The molecule has 0 atom stereocenters. The van der Waals surface area contributed by atoms with Gasteiger partial charge in [0.1, 0.15) is 12.0 Å². The van der Waals surface area contributed by atoms with Crippen molar-refractivity contribution in [2.75, 3.05) is 5.73 Å². The van der Waals surface area contributed by atoms with Crippen LogP contribution in [0.3, 0.4) is 0 Å². The second-order valence-corrected chi connectivity index (χ2v) is 5.68. The summed E-state index contributed by atoms with van der Waals surface area (Å²) >= 11 is 4.93. The van der Waals surface area contributed by atoms with Gasteiger partial charge in [-0.1, -0.05) is 15.9 Å². The zero-order chi connectivity index (χ0) is 13.8. The van der Waals surface area contributed by atoms with Crippen molar-refractivity contribution in [3.63, 3.8) is 0 Å². The molecule has 0 unspecified atom stereocenters. The number of hydrazine groups is 1. The molecule has 19 heavy (non-hydrogen) atoms. The van der Waals surface area contributed by atoms with Gasteiger partial charge in [0.2, 0.25) is 0 Å². The number of carbonyl (C=O) groups excluding carboxylic acids is 1. The topological polar surface area (TPSA) is 94.3 Å². The van der Waals surface area contributed by atoms with Crippen LogP contribution in [0, 0.1) is 0 Å². The van der Waals surface area contributed by atoms with Gasteiger partial charge >= 0.3 is 0 Å². The Kier molecular flexibility index (Phi) is 4.52. The molecule has 2 rings (SSSR count). The molecule has 0 saturated heterocycles. The third-order valence-corrected chi connectivity index (χ3v) is 3.98. The second kappa shape index (κ2) is 6.14. The van der Waals surface area contributed by atoms with Crippen molar-refractivity contribution in [3.05, 3.63) is 46.3 Å². The highest BCUT2D eigenvalue weighted by molar-refractivity contribution is 9.10. The molecule has 0 spiro atoms. The molecule has 1 aromatic heterocycles. The first-order valence-corrected chi connectivity index (χ1v) is 7.14. The van der Waals surface area contributed by atoms with Gasteiger partial charge in [0.15, 0.2) is 0 Å². The van der Waals surface area contributed by atoms with Crippen LogP contribution in [0.25, 0.3) is 0 Å². The van der Waals surface area contributed by atoms with Crippen LogP contribution >= 0.6 is 27.7 Å². The van der Waals surface area contributed by atoms with E-state index in [9.17, 15) is 4.79 Å².